The van der Waals surface area contributed by atoms with Gasteiger partial charge in [0, 0.05) is 29.0 Å². The van der Waals surface area contributed by atoms with E-state index >= 15 is 0 Å². The first-order chi connectivity index (χ1) is 8.26. The fourth-order valence-electron chi connectivity index (χ4n) is 3.20. The van der Waals surface area contributed by atoms with E-state index in [9.17, 15) is 0 Å². The summed E-state index contributed by atoms with van der Waals surface area (Å²) in [5.41, 5.74) is 1.58. The highest BCUT2D eigenvalue weighted by Gasteiger charge is 2.37. The van der Waals surface area contributed by atoms with Gasteiger partial charge in [0.25, 0.3) is 0 Å². The van der Waals surface area contributed by atoms with Crippen LogP contribution in [0, 0.1) is 6.92 Å². The normalized spacial score (nSPS) is 23.2. The fourth-order valence-corrected chi connectivity index (χ4v) is 3.82. The molecule has 0 unspecified atom stereocenters. The molecular weight excluding hydrogens is 242 g/mol. The van der Waals surface area contributed by atoms with Crippen molar-refractivity contribution in [3.8, 4) is 0 Å². The van der Waals surface area contributed by atoms with Crippen molar-refractivity contribution in [1.82, 2.24) is 15.6 Å². The minimum absolute atomic E-state index is 0.206. The van der Waals surface area contributed by atoms with Crippen LogP contribution in [0.2, 0.25) is 0 Å². The molecule has 0 aromatic carbocycles. The molecule has 1 saturated heterocycles. The van der Waals surface area contributed by atoms with Crippen LogP contribution in [0.3, 0.4) is 0 Å². The molecule has 2 heterocycles. The first-order valence-electron chi connectivity index (χ1n) is 6.70. The minimum atomic E-state index is 0.206. The molecule has 1 aromatic heterocycles. The Hall–Kier alpha value is -0.450. The number of thiazole rings is 1. The van der Waals surface area contributed by atoms with Crippen LogP contribution in [-0.2, 0) is 6.54 Å². The zero-order chi connectivity index (χ0) is 13.4. The van der Waals surface area contributed by atoms with Crippen molar-refractivity contribution < 1.29 is 0 Å². The average Bonchev–Trinajstić information content (AvgIpc) is 2.56. The molecular formula is C14H25N3S. The summed E-state index contributed by atoms with van der Waals surface area (Å²) in [6.07, 6.45) is 2.33. The Bertz CT molecular complexity index is 393. The van der Waals surface area contributed by atoms with Crippen LogP contribution < -0.4 is 10.6 Å². The van der Waals surface area contributed by atoms with Crippen molar-refractivity contribution in [3.63, 3.8) is 0 Å². The highest BCUT2D eigenvalue weighted by atomic mass is 32.1. The second-order valence-corrected chi connectivity index (χ2v) is 7.80. The van der Waals surface area contributed by atoms with E-state index in [0.717, 1.165) is 11.6 Å². The summed E-state index contributed by atoms with van der Waals surface area (Å²) in [5, 5.41) is 10.7. The van der Waals surface area contributed by atoms with E-state index in [0.29, 0.717) is 6.04 Å². The Balaban J connectivity index is 1.93. The Morgan fingerprint density at radius 3 is 2.44 bits per heavy atom. The lowest BCUT2D eigenvalue weighted by Crippen LogP contribution is -2.61. The molecule has 0 aliphatic carbocycles. The average molecular weight is 267 g/mol. The third kappa shape index (κ3) is 3.77. The molecule has 2 rings (SSSR count). The SMILES string of the molecule is Cc1nc(CNC2CC(C)(C)NC(C)(C)C2)cs1. The van der Waals surface area contributed by atoms with E-state index in [1.807, 2.05) is 0 Å². The van der Waals surface area contributed by atoms with Crippen molar-refractivity contribution in [2.45, 2.75) is 71.1 Å². The molecule has 0 amide bonds. The summed E-state index contributed by atoms with van der Waals surface area (Å²) in [6.45, 7) is 12.1. The quantitative estimate of drug-likeness (QED) is 0.884. The minimum Gasteiger partial charge on any atom is -0.308 e. The number of hydrogen-bond donors (Lipinski definition) is 2. The van der Waals surface area contributed by atoms with Crippen molar-refractivity contribution in [1.29, 1.82) is 0 Å². The molecule has 0 spiro atoms. The molecule has 1 aromatic rings. The second kappa shape index (κ2) is 4.91. The Morgan fingerprint density at radius 1 is 1.33 bits per heavy atom. The van der Waals surface area contributed by atoms with Gasteiger partial charge >= 0.3 is 0 Å². The summed E-state index contributed by atoms with van der Waals surface area (Å²) in [6, 6.07) is 0.568. The molecule has 1 fully saturated rings. The lowest BCUT2D eigenvalue weighted by atomic mass is 9.79. The van der Waals surface area contributed by atoms with E-state index in [-0.39, 0.29) is 11.1 Å². The van der Waals surface area contributed by atoms with Crippen LogP contribution >= 0.6 is 11.3 Å². The van der Waals surface area contributed by atoms with E-state index in [1.165, 1.54) is 18.5 Å². The predicted molar refractivity (Wildman–Crippen MR) is 78.0 cm³/mol. The summed E-state index contributed by atoms with van der Waals surface area (Å²) >= 11 is 1.73. The van der Waals surface area contributed by atoms with E-state index in [2.05, 4.69) is 55.6 Å². The standard InChI is InChI=1S/C14H25N3S/c1-10-16-12(9-18-10)8-15-11-6-13(2,3)17-14(4,5)7-11/h9,11,15,17H,6-8H2,1-5H3. The molecule has 0 radical (unpaired) electrons. The maximum atomic E-state index is 4.51. The van der Waals surface area contributed by atoms with Gasteiger partial charge in [-0.3, -0.25) is 0 Å². The monoisotopic (exact) mass is 267 g/mol. The largest absolute Gasteiger partial charge is 0.308 e. The van der Waals surface area contributed by atoms with Crippen molar-refractivity contribution in [2.24, 2.45) is 0 Å². The van der Waals surface area contributed by atoms with Gasteiger partial charge in [-0.05, 0) is 47.5 Å². The maximum absolute atomic E-state index is 4.51. The van der Waals surface area contributed by atoms with E-state index in [1.54, 1.807) is 11.3 Å². The van der Waals surface area contributed by atoms with Gasteiger partial charge in [-0.25, -0.2) is 4.98 Å². The molecule has 0 saturated carbocycles. The van der Waals surface area contributed by atoms with Gasteiger partial charge in [0.1, 0.15) is 0 Å². The van der Waals surface area contributed by atoms with E-state index in [4.69, 9.17) is 0 Å². The predicted octanol–water partition coefficient (Wildman–Crippen LogP) is 2.85. The van der Waals surface area contributed by atoms with Crippen LogP contribution in [0.1, 0.15) is 51.2 Å². The van der Waals surface area contributed by atoms with Crippen LogP contribution in [-0.4, -0.2) is 22.1 Å². The van der Waals surface area contributed by atoms with E-state index < -0.39 is 0 Å². The Morgan fingerprint density at radius 2 is 1.94 bits per heavy atom. The zero-order valence-electron chi connectivity index (χ0n) is 12.1. The molecule has 0 bridgehead atoms. The lowest BCUT2D eigenvalue weighted by Gasteiger charge is -2.46. The number of aryl methyl sites for hydroxylation is 1. The smallest absolute Gasteiger partial charge is 0.0897 e. The van der Waals surface area contributed by atoms with Crippen LogP contribution in [0.5, 0.6) is 0 Å². The van der Waals surface area contributed by atoms with Gasteiger partial charge in [0.05, 0.1) is 10.7 Å². The zero-order valence-corrected chi connectivity index (χ0v) is 12.9. The van der Waals surface area contributed by atoms with Gasteiger partial charge in [0.15, 0.2) is 0 Å². The highest BCUT2D eigenvalue weighted by Crippen LogP contribution is 2.28. The summed E-state index contributed by atoms with van der Waals surface area (Å²) in [4.78, 5) is 4.51. The third-order valence-electron chi connectivity index (χ3n) is 3.43. The summed E-state index contributed by atoms with van der Waals surface area (Å²) in [5.74, 6) is 0. The van der Waals surface area contributed by atoms with Crippen LogP contribution in [0.4, 0.5) is 0 Å². The number of nitrogens with zero attached hydrogens (tertiary/aromatic N) is 1. The molecule has 4 heteroatoms. The van der Waals surface area contributed by atoms with Crippen molar-refractivity contribution in [3.05, 3.63) is 16.1 Å². The van der Waals surface area contributed by atoms with Gasteiger partial charge < -0.3 is 10.6 Å². The number of nitrogens with one attached hydrogen (secondary N) is 2. The number of rotatable bonds is 3. The second-order valence-electron chi connectivity index (χ2n) is 6.74. The molecule has 0 atom stereocenters. The third-order valence-corrected chi connectivity index (χ3v) is 4.25. The Labute approximate surface area is 114 Å². The van der Waals surface area contributed by atoms with Crippen molar-refractivity contribution in [2.75, 3.05) is 0 Å². The summed E-state index contributed by atoms with van der Waals surface area (Å²) < 4.78 is 0. The lowest BCUT2D eigenvalue weighted by molar-refractivity contribution is 0.145. The number of piperidine rings is 1. The van der Waals surface area contributed by atoms with Crippen LogP contribution in [0.25, 0.3) is 0 Å². The molecule has 18 heavy (non-hydrogen) atoms. The van der Waals surface area contributed by atoms with Gasteiger partial charge in [0.2, 0.25) is 0 Å². The van der Waals surface area contributed by atoms with Crippen LogP contribution in [0.15, 0.2) is 5.38 Å². The number of aromatic nitrogens is 1. The van der Waals surface area contributed by atoms with Gasteiger partial charge in [-0.2, -0.15) is 0 Å². The topological polar surface area (TPSA) is 37.0 Å². The van der Waals surface area contributed by atoms with Gasteiger partial charge in [-0.15, -0.1) is 11.3 Å². The molecule has 102 valence electrons. The fraction of sp³-hybridized carbons (Fsp3) is 0.786. The highest BCUT2D eigenvalue weighted by molar-refractivity contribution is 7.09. The molecule has 1 aliphatic heterocycles. The molecule has 1 aliphatic rings. The van der Waals surface area contributed by atoms with Crippen molar-refractivity contribution >= 4 is 11.3 Å². The summed E-state index contributed by atoms with van der Waals surface area (Å²) in [7, 11) is 0. The Kier molecular flexibility index (Phi) is 3.81. The number of hydrogen-bond acceptors (Lipinski definition) is 4. The maximum Gasteiger partial charge on any atom is 0.0897 e. The first-order valence-corrected chi connectivity index (χ1v) is 7.57. The first kappa shape index (κ1) is 14.0. The molecule has 3 nitrogen and oxygen atoms in total. The molecule has 2 N–H and O–H groups in total. The van der Waals surface area contributed by atoms with Gasteiger partial charge in [-0.1, -0.05) is 0 Å².